The number of nitrogens with one attached hydrogen (secondary N) is 2. The number of hydrogen-bond donors (Lipinski definition) is 3. The van der Waals surface area contributed by atoms with Gasteiger partial charge in [-0.15, -0.1) is 0 Å². The molecule has 2 aromatic carbocycles. The van der Waals surface area contributed by atoms with E-state index in [1.165, 1.54) is 16.5 Å². The van der Waals surface area contributed by atoms with Gasteiger partial charge in [-0.25, -0.2) is 4.98 Å². The van der Waals surface area contributed by atoms with Crippen LogP contribution in [0.1, 0.15) is 18.3 Å². The van der Waals surface area contributed by atoms with Crippen molar-refractivity contribution < 1.29 is 0 Å². The van der Waals surface area contributed by atoms with Crippen LogP contribution in [0.15, 0.2) is 67.0 Å². The first-order chi connectivity index (χ1) is 11.8. The van der Waals surface area contributed by atoms with Gasteiger partial charge in [0.15, 0.2) is 0 Å². The summed E-state index contributed by atoms with van der Waals surface area (Å²) < 4.78 is 0. The lowest BCUT2D eigenvalue weighted by atomic mass is 10.1. The first kappa shape index (κ1) is 16.0. The maximum absolute atomic E-state index is 5.45. The van der Waals surface area contributed by atoms with Gasteiger partial charge < -0.3 is 15.7 Å². The van der Waals surface area contributed by atoms with Gasteiger partial charge in [0.1, 0.15) is 5.82 Å². The van der Waals surface area contributed by atoms with Gasteiger partial charge in [-0.3, -0.25) is 0 Å². The molecule has 2 heterocycles. The monoisotopic (exact) mass is 318 g/mol. The highest BCUT2D eigenvalue weighted by Crippen LogP contribution is 2.17. The van der Waals surface area contributed by atoms with Crippen LogP contribution in [-0.2, 0) is 13.0 Å². The van der Waals surface area contributed by atoms with Crippen molar-refractivity contribution in [2.75, 3.05) is 0 Å². The summed E-state index contributed by atoms with van der Waals surface area (Å²) in [6.45, 7) is 2.63. The van der Waals surface area contributed by atoms with E-state index in [2.05, 4.69) is 52.3 Å². The van der Waals surface area contributed by atoms with Crippen molar-refractivity contribution >= 4 is 10.9 Å². The molecule has 0 unspecified atom stereocenters. The van der Waals surface area contributed by atoms with E-state index in [1.54, 1.807) is 6.20 Å². The third-order valence-electron chi connectivity index (χ3n) is 3.96. The van der Waals surface area contributed by atoms with Gasteiger partial charge in [-0.1, -0.05) is 55.5 Å². The van der Waals surface area contributed by atoms with E-state index < -0.39 is 0 Å². The van der Waals surface area contributed by atoms with Gasteiger partial charge in [0.25, 0.3) is 0 Å². The normalized spacial score (nSPS) is 10.4. The van der Waals surface area contributed by atoms with Crippen LogP contribution in [0.5, 0.6) is 0 Å². The van der Waals surface area contributed by atoms with Crippen molar-refractivity contribution in [3.05, 3.63) is 78.4 Å². The lowest BCUT2D eigenvalue weighted by Gasteiger charge is -1.94. The number of nitrogens with zero attached hydrogens (tertiary/aromatic N) is 1. The van der Waals surface area contributed by atoms with E-state index in [0.717, 1.165) is 23.5 Å². The van der Waals surface area contributed by atoms with Gasteiger partial charge >= 0.3 is 0 Å². The molecule has 0 aliphatic heterocycles. The van der Waals surface area contributed by atoms with Gasteiger partial charge in [0.2, 0.25) is 0 Å². The zero-order valence-corrected chi connectivity index (χ0v) is 13.8. The second kappa shape index (κ2) is 7.62. The van der Waals surface area contributed by atoms with Crippen molar-refractivity contribution in [1.82, 2.24) is 15.0 Å². The molecule has 0 aliphatic rings. The van der Waals surface area contributed by atoms with Gasteiger partial charge in [0.05, 0.1) is 18.4 Å². The molecule has 4 nitrogen and oxygen atoms in total. The molecular weight excluding hydrogens is 296 g/mol. The molecule has 0 amide bonds. The summed E-state index contributed by atoms with van der Waals surface area (Å²) in [4.78, 5) is 10.5. The Kier molecular flexibility index (Phi) is 5.08. The molecule has 4 heteroatoms. The Morgan fingerprint density at radius 2 is 1.75 bits per heavy atom. The smallest absolute Gasteiger partial charge is 0.120 e. The van der Waals surface area contributed by atoms with E-state index in [0.29, 0.717) is 6.54 Å². The second-order valence-corrected chi connectivity index (χ2v) is 5.53. The number of aryl methyl sites for hydroxylation is 1. The van der Waals surface area contributed by atoms with E-state index in [1.807, 2.05) is 30.3 Å². The number of imidazole rings is 1. The molecule has 2 aromatic heterocycles. The molecule has 0 saturated carbocycles. The Morgan fingerprint density at radius 3 is 2.46 bits per heavy atom. The number of aromatic nitrogens is 3. The fraction of sp³-hybridized carbons (Fsp3) is 0.150. The van der Waals surface area contributed by atoms with Gasteiger partial charge in [-0.05, 0) is 23.6 Å². The van der Waals surface area contributed by atoms with Crippen LogP contribution in [0.3, 0.4) is 0 Å². The zero-order chi connectivity index (χ0) is 16.8. The highest BCUT2D eigenvalue weighted by Gasteiger charge is 2.00. The standard InChI is InChI=1S/C10H11N3.C10H11N/c11-6-10-12-7-9(13-10)8-4-2-1-3-5-8;1-2-8-7-11-10-6-4-3-5-9(8)10/h1-5,7H,6,11H2,(H,12,13);3-7,11H,2H2,1H3. The number of hydrogen-bond acceptors (Lipinski definition) is 2. The number of benzene rings is 2. The van der Waals surface area contributed by atoms with Crippen LogP contribution in [0.4, 0.5) is 0 Å². The number of para-hydroxylation sites is 1. The van der Waals surface area contributed by atoms with E-state index >= 15 is 0 Å². The fourth-order valence-corrected chi connectivity index (χ4v) is 2.65. The minimum atomic E-state index is 0.451. The third-order valence-corrected chi connectivity index (χ3v) is 3.96. The van der Waals surface area contributed by atoms with Crippen molar-refractivity contribution in [2.24, 2.45) is 5.73 Å². The molecule has 0 spiro atoms. The summed E-state index contributed by atoms with van der Waals surface area (Å²) in [5.74, 6) is 0.818. The average Bonchev–Trinajstić information content (AvgIpc) is 3.30. The molecule has 0 radical (unpaired) electrons. The van der Waals surface area contributed by atoms with Crippen LogP contribution in [-0.4, -0.2) is 15.0 Å². The predicted octanol–water partition coefficient (Wildman–Crippen LogP) is 4.27. The van der Waals surface area contributed by atoms with Gasteiger partial charge in [0, 0.05) is 17.1 Å². The summed E-state index contributed by atoms with van der Waals surface area (Å²) in [5.41, 5.74) is 10.2. The Hall–Kier alpha value is -2.85. The van der Waals surface area contributed by atoms with E-state index in [4.69, 9.17) is 5.73 Å². The van der Waals surface area contributed by atoms with Crippen molar-refractivity contribution in [1.29, 1.82) is 0 Å². The molecule has 0 aliphatic carbocycles. The number of rotatable bonds is 3. The van der Waals surface area contributed by atoms with Crippen molar-refractivity contribution in [3.8, 4) is 11.3 Å². The van der Waals surface area contributed by atoms with Crippen molar-refractivity contribution in [2.45, 2.75) is 19.9 Å². The maximum Gasteiger partial charge on any atom is 0.120 e. The van der Waals surface area contributed by atoms with Crippen molar-refractivity contribution in [3.63, 3.8) is 0 Å². The average molecular weight is 318 g/mol. The summed E-state index contributed by atoms with van der Waals surface area (Å²) in [6, 6.07) is 18.5. The van der Waals surface area contributed by atoms with Crippen LogP contribution in [0, 0.1) is 0 Å². The quantitative estimate of drug-likeness (QED) is 0.528. The zero-order valence-electron chi connectivity index (χ0n) is 13.8. The highest BCUT2D eigenvalue weighted by atomic mass is 14.9. The Balaban J connectivity index is 0.000000143. The maximum atomic E-state index is 5.45. The van der Waals surface area contributed by atoms with E-state index in [9.17, 15) is 0 Å². The molecule has 0 fully saturated rings. The van der Waals surface area contributed by atoms with Crippen LogP contribution < -0.4 is 5.73 Å². The predicted molar refractivity (Wildman–Crippen MR) is 99.6 cm³/mol. The number of fused-ring (bicyclic) bond motifs is 1. The summed E-state index contributed by atoms with van der Waals surface area (Å²) in [6.07, 6.45) is 4.99. The minimum absolute atomic E-state index is 0.451. The van der Waals surface area contributed by atoms with Crippen LogP contribution >= 0.6 is 0 Å². The van der Waals surface area contributed by atoms with Gasteiger partial charge in [-0.2, -0.15) is 0 Å². The number of nitrogens with two attached hydrogens (primary N) is 1. The highest BCUT2D eigenvalue weighted by molar-refractivity contribution is 5.82. The molecule has 4 rings (SSSR count). The molecule has 4 N–H and O–H groups in total. The number of H-pyrrole nitrogens is 2. The molecule has 0 bridgehead atoms. The summed E-state index contributed by atoms with van der Waals surface area (Å²) in [7, 11) is 0. The SMILES string of the molecule is CCc1c[nH]c2ccccc12.NCc1ncc(-c2ccccc2)[nH]1. The fourth-order valence-electron chi connectivity index (χ4n) is 2.65. The molecule has 122 valence electrons. The summed E-state index contributed by atoms with van der Waals surface area (Å²) in [5, 5.41) is 1.36. The Bertz CT molecular complexity index is 890. The Labute approximate surface area is 141 Å². The molecule has 0 saturated heterocycles. The first-order valence-corrected chi connectivity index (χ1v) is 8.16. The first-order valence-electron chi connectivity index (χ1n) is 8.16. The minimum Gasteiger partial charge on any atom is -0.361 e. The summed E-state index contributed by atoms with van der Waals surface area (Å²) >= 11 is 0. The van der Waals surface area contributed by atoms with Crippen LogP contribution in [0.25, 0.3) is 22.2 Å². The Morgan fingerprint density at radius 1 is 1.00 bits per heavy atom. The molecular formula is C20H22N4. The lowest BCUT2D eigenvalue weighted by Crippen LogP contribution is -1.97. The molecule has 4 aromatic rings. The number of aromatic amines is 2. The lowest BCUT2D eigenvalue weighted by molar-refractivity contribution is 0.950. The topological polar surface area (TPSA) is 70.5 Å². The molecule has 0 atom stereocenters. The van der Waals surface area contributed by atoms with E-state index in [-0.39, 0.29) is 0 Å². The molecule has 24 heavy (non-hydrogen) atoms. The largest absolute Gasteiger partial charge is 0.361 e. The second-order valence-electron chi connectivity index (χ2n) is 5.53. The van der Waals surface area contributed by atoms with Crippen LogP contribution in [0.2, 0.25) is 0 Å². The third kappa shape index (κ3) is 3.55.